The van der Waals surface area contributed by atoms with Gasteiger partial charge in [0.1, 0.15) is 5.75 Å². The number of rotatable bonds is 1. The lowest BCUT2D eigenvalue weighted by Gasteiger charge is -2.15. The van der Waals surface area contributed by atoms with Crippen molar-refractivity contribution in [2.45, 2.75) is 12.8 Å². The Balaban J connectivity index is 2.21. The number of methoxy groups -OCH3 is 1. The molecule has 0 atom stereocenters. The predicted octanol–water partition coefficient (Wildman–Crippen LogP) is 2.19. The topological polar surface area (TPSA) is 27.1 Å². The Kier molecular flexibility index (Phi) is 1.99. The van der Waals surface area contributed by atoms with Gasteiger partial charge in [-0.15, -0.1) is 0 Å². The van der Waals surface area contributed by atoms with E-state index in [-0.39, 0.29) is 0 Å². The summed E-state index contributed by atoms with van der Waals surface area (Å²) in [4.78, 5) is 0. The first kappa shape index (κ1) is 9.46. The lowest BCUT2D eigenvalue weighted by molar-refractivity contribution is 0.415. The molecule has 1 aliphatic carbocycles. The van der Waals surface area contributed by atoms with Crippen molar-refractivity contribution in [2.24, 2.45) is 7.05 Å². The molecular weight excluding hydrogens is 200 g/mol. The Morgan fingerprint density at radius 3 is 2.88 bits per heavy atom. The van der Waals surface area contributed by atoms with Crippen LogP contribution in [0.5, 0.6) is 5.75 Å². The van der Waals surface area contributed by atoms with E-state index in [1.54, 1.807) is 7.11 Å². The van der Waals surface area contributed by atoms with Gasteiger partial charge in [-0.3, -0.25) is 4.68 Å². The molecule has 0 amide bonds. The maximum Gasteiger partial charge on any atom is 0.119 e. The molecule has 1 aromatic carbocycles. The highest BCUT2D eigenvalue weighted by Crippen LogP contribution is 2.34. The van der Waals surface area contributed by atoms with Gasteiger partial charge < -0.3 is 4.74 Å². The van der Waals surface area contributed by atoms with Crippen LogP contribution in [-0.4, -0.2) is 16.9 Å². The van der Waals surface area contributed by atoms with Gasteiger partial charge in [0.25, 0.3) is 0 Å². The molecule has 0 bridgehead atoms. The second-order valence-corrected chi connectivity index (χ2v) is 4.20. The van der Waals surface area contributed by atoms with Gasteiger partial charge in [-0.05, 0) is 36.1 Å². The molecule has 0 unspecified atom stereocenters. The molecule has 1 aliphatic rings. The third-order valence-corrected chi connectivity index (χ3v) is 3.14. The largest absolute Gasteiger partial charge is 0.497 e. The number of fused-ring (bicyclic) bond motifs is 3. The predicted molar refractivity (Wildman–Crippen MR) is 62.6 cm³/mol. The molecule has 82 valence electrons. The molecule has 0 saturated carbocycles. The Bertz CT molecular complexity index is 543. The van der Waals surface area contributed by atoms with Gasteiger partial charge in [-0.1, -0.05) is 6.07 Å². The van der Waals surface area contributed by atoms with Crippen molar-refractivity contribution in [3.05, 3.63) is 35.5 Å². The number of benzene rings is 1. The van der Waals surface area contributed by atoms with E-state index in [9.17, 15) is 0 Å². The fraction of sp³-hybridized carbons (Fsp3) is 0.308. The van der Waals surface area contributed by atoms with E-state index in [1.807, 2.05) is 17.8 Å². The molecule has 16 heavy (non-hydrogen) atoms. The summed E-state index contributed by atoms with van der Waals surface area (Å²) in [6.45, 7) is 0. The fourth-order valence-electron chi connectivity index (χ4n) is 2.34. The lowest BCUT2D eigenvalue weighted by atomic mass is 9.90. The molecule has 0 radical (unpaired) electrons. The van der Waals surface area contributed by atoms with Crippen LogP contribution in [0.15, 0.2) is 24.4 Å². The van der Waals surface area contributed by atoms with E-state index in [2.05, 4.69) is 23.4 Å². The van der Waals surface area contributed by atoms with Crippen molar-refractivity contribution in [3.8, 4) is 17.0 Å². The molecule has 3 heteroatoms. The Hall–Kier alpha value is -1.77. The summed E-state index contributed by atoms with van der Waals surface area (Å²) >= 11 is 0. The second-order valence-electron chi connectivity index (χ2n) is 4.20. The van der Waals surface area contributed by atoms with Crippen LogP contribution in [0.1, 0.15) is 11.1 Å². The molecular formula is C13H14N2O. The van der Waals surface area contributed by atoms with Crippen LogP contribution in [0.2, 0.25) is 0 Å². The average molecular weight is 214 g/mol. The monoisotopic (exact) mass is 214 g/mol. The summed E-state index contributed by atoms with van der Waals surface area (Å²) < 4.78 is 7.16. The molecule has 2 aromatic rings. The number of hydrogen-bond donors (Lipinski definition) is 0. The Morgan fingerprint density at radius 1 is 1.25 bits per heavy atom. The van der Waals surface area contributed by atoms with Crippen LogP contribution in [0.25, 0.3) is 11.3 Å². The first-order valence-electron chi connectivity index (χ1n) is 5.48. The molecule has 0 N–H and O–H groups in total. The van der Waals surface area contributed by atoms with Crippen LogP contribution in [-0.2, 0) is 19.9 Å². The Labute approximate surface area is 94.7 Å². The van der Waals surface area contributed by atoms with Crippen molar-refractivity contribution < 1.29 is 4.74 Å². The summed E-state index contributed by atoms with van der Waals surface area (Å²) in [5, 5.41) is 4.53. The number of ether oxygens (including phenoxy) is 1. The van der Waals surface area contributed by atoms with E-state index in [0.29, 0.717) is 0 Å². The van der Waals surface area contributed by atoms with Gasteiger partial charge in [0, 0.05) is 18.8 Å². The fourth-order valence-corrected chi connectivity index (χ4v) is 2.34. The van der Waals surface area contributed by atoms with Crippen LogP contribution < -0.4 is 4.74 Å². The molecule has 0 aliphatic heterocycles. The smallest absolute Gasteiger partial charge is 0.119 e. The molecule has 0 spiro atoms. The van der Waals surface area contributed by atoms with Crippen molar-refractivity contribution >= 4 is 0 Å². The van der Waals surface area contributed by atoms with Gasteiger partial charge in [-0.2, -0.15) is 5.10 Å². The first-order chi connectivity index (χ1) is 7.78. The molecule has 0 saturated heterocycles. The zero-order chi connectivity index (χ0) is 11.1. The summed E-state index contributed by atoms with van der Waals surface area (Å²) in [6, 6.07) is 6.25. The highest BCUT2D eigenvalue weighted by molar-refractivity contribution is 5.70. The van der Waals surface area contributed by atoms with Crippen LogP contribution in [0.4, 0.5) is 0 Å². The quantitative estimate of drug-likeness (QED) is 0.727. The minimum absolute atomic E-state index is 0.900. The number of nitrogens with zero attached hydrogens (tertiary/aromatic N) is 2. The second kappa shape index (κ2) is 3.37. The van der Waals surface area contributed by atoms with E-state index in [4.69, 9.17) is 4.74 Å². The van der Waals surface area contributed by atoms with Gasteiger partial charge in [0.15, 0.2) is 0 Å². The Morgan fingerprint density at radius 2 is 2.06 bits per heavy atom. The summed E-state index contributed by atoms with van der Waals surface area (Å²) in [5.74, 6) is 0.900. The van der Waals surface area contributed by atoms with Gasteiger partial charge in [0.05, 0.1) is 12.8 Å². The first-order valence-corrected chi connectivity index (χ1v) is 5.48. The number of hydrogen-bond acceptors (Lipinski definition) is 2. The minimum atomic E-state index is 0.900. The highest BCUT2D eigenvalue weighted by Gasteiger charge is 2.19. The van der Waals surface area contributed by atoms with Crippen LogP contribution in [0.3, 0.4) is 0 Å². The summed E-state index contributed by atoms with van der Waals surface area (Å²) in [5.41, 5.74) is 5.04. The summed E-state index contributed by atoms with van der Waals surface area (Å²) in [7, 11) is 3.67. The third-order valence-electron chi connectivity index (χ3n) is 3.14. The molecule has 3 rings (SSSR count). The number of aryl methyl sites for hydroxylation is 3. The van der Waals surface area contributed by atoms with Crippen molar-refractivity contribution in [2.75, 3.05) is 7.11 Å². The van der Waals surface area contributed by atoms with E-state index >= 15 is 0 Å². The van der Waals surface area contributed by atoms with Gasteiger partial charge in [-0.25, -0.2) is 0 Å². The van der Waals surface area contributed by atoms with E-state index in [0.717, 1.165) is 24.3 Å². The van der Waals surface area contributed by atoms with Crippen molar-refractivity contribution in [3.63, 3.8) is 0 Å². The summed E-state index contributed by atoms with van der Waals surface area (Å²) in [6.07, 6.45) is 4.29. The van der Waals surface area contributed by atoms with Crippen molar-refractivity contribution in [1.82, 2.24) is 9.78 Å². The SMILES string of the molecule is COc1ccc2c(c1)-c1nn(C)cc1CC2. The number of aromatic nitrogens is 2. The molecule has 1 aromatic heterocycles. The van der Waals surface area contributed by atoms with Gasteiger partial charge in [0.2, 0.25) is 0 Å². The molecule has 1 heterocycles. The standard InChI is InChI=1S/C13H14N2O/c1-15-8-10-4-3-9-5-6-11(16-2)7-12(9)13(10)14-15/h5-8H,3-4H2,1-2H3. The van der Waals surface area contributed by atoms with Crippen LogP contribution >= 0.6 is 0 Å². The van der Waals surface area contributed by atoms with E-state index in [1.165, 1.54) is 16.7 Å². The maximum atomic E-state index is 5.27. The zero-order valence-corrected chi connectivity index (χ0v) is 9.53. The maximum absolute atomic E-state index is 5.27. The molecule has 3 nitrogen and oxygen atoms in total. The third kappa shape index (κ3) is 1.32. The zero-order valence-electron chi connectivity index (χ0n) is 9.53. The minimum Gasteiger partial charge on any atom is -0.497 e. The average Bonchev–Trinajstić information content (AvgIpc) is 2.69. The van der Waals surface area contributed by atoms with E-state index < -0.39 is 0 Å². The van der Waals surface area contributed by atoms with Crippen molar-refractivity contribution in [1.29, 1.82) is 0 Å². The lowest BCUT2D eigenvalue weighted by Crippen LogP contribution is -2.02. The van der Waals surface area contributed by atoms with Gasteiger partial charge >= 0.3 is 0 Å². The van der Waals surface area contributed by atoms with Crippen LogP contribution in [0, 0.1) is 0 Å². The molecule has 0 fully saturated rings. The normalized spacial score (nSPS) is 13.1. The highest BCUT2D eigenvalue weighted by atomic mass is 16.5.